The third kappa shape index (κ3) is 2.68. The lowest BCUT2D eigenvalue weighted by Gasteiger charge is -2.11. The number of hydrogen-bond donors (Lipinski definition) is 3. The number of nitrogens with one attached hydrogen (secondary N) is 1. The summed E-state index contributed by atoms with van der Waals surface area (Å²) in [4.78, 5) is 7.34. The SMILES string of the molecule is Oc1c(-c2c[nH]c3ccccc23)c(C2CC2)n(CCCn2ccnc2)c1O. The first-order valence-electron chi connectivity index (χ1n) is 9.40. The summed E-state index contributed by atoms with van der Waals surface area (Å²) >= 11 is 0. The van der Waals surface area contributed by atoms with Crippen LogP contribution in [0.15, 0.2) is 49.2 Å². The van der Waals surface area contributed by atoms with E-state index in [2.05, 4.69) is 9.97 Å². The lowest BCUT2D eigenvalue weighted by Crippen LogP contribution is -2.06. The maximum absolute atomic E-state index is 10.8. The van der Waals surface area contributed by atoms with Gasteiger partial charge < -0.3 is 24.3 Å². The summed E-state index contributed by atoms with van der Waals surface area (Å²) < 4.78 is 3.93. The average molecular weight is 362 g/mol. The third-order valence-corrected chi connectivity index (χ3v) is 5.43. The second-order valence-corrected chi connectivity index (χ2v) is 7.26. The molecule has 0 unspecified atom stereocenters. The minimum Gasteiger partial charge on any atom is -0.503 e. The molecule has 27 heavy (non-hydrogen) atoms. The van der Waals surface area contributed by atoms with E-state index in [-0.39, 0.29) is 11.6 Å². The van der Waals surface area contributed by atoms with Crippen LogP contribution in [0.5, 0.6) is 11.6 Å². The van der Waals surface area contributed by atoms with Crippen LogP contribution in [-0.2, 0) is 13.1 Å². The second-order valence-electron chi connectivity index (χ2n) is 7.26. The maximum atomic E-state index is 10.8. The normalized spacial score (nSPS) is 14.2. The molecule has 1 fully saturated rings. The molecule has 0 atom stereocenters. The molecule has 6 nitrogen and oxygen atoms in total. The predicted molar refractivity (Wildman–Crippen MR) is 104 cm³/mol. The van der Waals surface area contributed by atoms with Crippen LogP contribution in [0.25, 0.3) is 22.0 Å². The van der Waals surface area contributed by atoms with Crippen molar-refractivity contribution in [3.63, 3.8) is 0 Å². The number of benzene rings is 1. The quantitative estimate of drug-likeness (QED) is 0.481. The van der Waals surface area contributed by atoms with Gasteiger partial charge in [0.05, 0.1) is 11.9 Å². The van der Waals surface area contributed by atoms with Crippen LogP contribution in [0.3, 0.4) is 0 Å². The van der Waals surface area contributed by atoms with Gasteiger partial charge >= 0.3 is 0 Å². The Morgan fingerprint density at radius 3 is 2.78 bits per heavy atom. The maximum Gasteiger partial charge on any atom is 0.235 e. The van der Waals surface area contributed by atoms with Gasteiger partial charge in [0, 0.05) is 59.8 Å². The molecule has 6 heteroatoms. The van der Waals surface area contributed by atoms with Crippen molar-refractivity contribution in [2.24, 2.45) is 0 Å². The minimum absolute atomic E-state index is 0.00992. The highest BCUT2D eigenvalue weighted by atomic mass is 16.3. The van der Waals surface area contributed by atoms with Crippen LogP contribution in [0.1, 0.15) is 30.9 Å². The van der Waals surface area contributed by atoms with Crippen molar-refractivity contribution in [3.8, 4) is 22.8 Å². The predicted octanol–water partition coefficient (Wildman–Crippen LogP) is 4.21. The molecule has 1 aromatic carbocycles. The van der Waals surface area contributed by atoms with Crippen molar-refractivity contribution in [2.75, 3.05) is 0 Å². The molecular formula is C21H22N4O2. The standard InChI is InChI=1S/C21H22N4O2/c26-20-18(16-12-23-17-5-2-1-4-15(16)17)19(14-6-7-14)25(21(20)27)10-3-9-24-11-8-22-13-24/h1-2,4-5,8,11-14,23,26-27H,3,6-7,9-10H2. The number of rotatable bonds is 6. The topological polar surface area (TPSA) is 79.0 Å². The number of aromatic amines is 1. The number of imidazole rings is 1. The van der Waals surface area contributed by atoms with E-state index in [1.807, 2.05) is 45.8 Å². The number of hydrogen-bond acceptors (Lipinski definition) is 3. The highest BCUT2D eigenvalue weighted by Gasteiger charge is 2.35. The second kappa shape index (κ2) is 6.23. The fourth-order valence-corrected chi connectivity index (χ4v) is 3.99. The van der Waals surface area contributed by atoms with Gasteiger partial charge in [0.25, 0.3) is 0 Å². The largest absolute Gasteiger partial charge is 0.503 e. The number of aryl methyl sites for hydroxylation is 1. The molecular weight excluding hydrogens is 340 g/mol. The first-order chi connectivity index (χ1) is 13.2. The van der Waals surface area contributed by atoms with Crippen molar-refractivity contribution >= 4 is 10.9 Å². The number of nitrogens with zero attached hydrogens (tertiary/aromatic N) is 3. The number of H-pyrrole nitrogens is 1. The van der Waals surface area contributed by atoms with E-state index < -0.39 is 0 Å². The zero-order chi connectivity index (χ0) is 18.4. The van der Waals surface area contributed by atoms with E-state index in [0.29, 0.717) is 12.5 Å². The van der Waals surface area contributed by atoms with Crippen molar-refractivity contribution < 1.29 is 10.2 Å². The molecule has 0 amide bonds. The van der Waals surface area contributed by atoms with Crippen LogP contribution in [0.2, 0.25) is 0 Å². The smallest absolute Gasteiger partial charge is 0.235 e. The summed E-state index contributed by atoms with van der Waals surface area (Å²) in [6.45, 7) is 1.48. The molecule has 0 spiro atoms. The van der Waals surface area contributed by atoms with Gasteiger partial charge in [0.2, 0.25) is 5.88 Å². The fourth-order valence-electron chi connectivity index (χ4n) is 3.99. The van der Waals surface area contributed by atoms with E-state index in [4.69, 9.17) is 0 Å². The van der Waals surface area contributed by atoms with E-state index in [1.54, 1.807) is 12.5 Å². The van der Waals surface area contributed by atoms with Crippen LogP contribution in [0, 0.1) is 0 Å². The molecule has 3 heterocycles. The Bertz CT molecular complexity index is 1090. The molecule has 1 saturated carbocycles. The van der Waals surface area contributed by atoms with Gasteiger partial charge in [-0.1, -0.05) is 18.2 Å². The van der Waals surface area contributed by atoms with Crippen LogP contribution in [-0.4, -0.2) is 29.3 Å². The van der Waals surface area contributed by atoms with E-state index in [0.717, 1.165) is 53.5 Å². The molecule has 5 rings (SSSR count). The first-order valence-corrected chi connectivity index (χ1v) is 9.40. The number of aromatic nitrogens is 4. The molecule has 1 aliphatic carbocycles. The Labute approximate surface area is 156 Å². The molecule has 1 aliphatic rings. The van der Waals surface area contributed by atoms with Crippen LogP contribution < -0.4 is 0 Å². The van der Waals surface area contributed by atoms with Crippen molar-refractivity contribution in [3.05, 3.63) is 54.9 Å². The summed E-state index contributed by atoms with van der Waals surface area (Å²) in [5, 5.41) is 22.5. The van der Waals surface area contributed by atoms with E-state index >= 15 is 0 Å². The highest BCUT2D eigenvalue weighted by Crippen LogP contribution is 2.53. The first kappa shape index (κ1) is 16.1. The summed E-state index contributed by atoms with van der Waals surface area (Å²) in [5.74, 6) is 0.362. The Hall–Kier alpha value is -3.15. The van der Waals surface area contributed by atoms with Crippen molar-refractivity contribution in [1.82, 2.24) is 19.1 Å². The van der Waals surface area contributed by atoms with Crippen molar-refractivity contribution in [2.45, 2.75) is 38.3 Å². The van der Waals surface area contributed by atoms with E-state index in [9.17, 15) is 10.2 Å². The number of aromatic hydroxyl groups is 2. The van der Waals surface area contributed by atoms with Gasteiger partial charge in [0.15, 0.2) is 5.75 Å². The highest BCUT2D eigenvalue weighted by molar-refractivity contribution is 5.98. The van der Waals surface area contributed by atoms with Gasteiger partial charge in [-0.3, -0.25) is 0 Å². The van der Waals surface area contributed by atoms with Gasteiger partial charge in [-0.05, 0) is 25.3 Å². The zero-order valence-electron chi connectivity index (χ0n) is 15.0. The van der Waals surface area contributed by atoms with Gasteiger partial charge in [-0.25, -0.2) is 4.98 Å². The minimum atomic E-state index is -0.0252. The average Bonchev–Trinajstić information content (AvgIpc) is 3.12. The third-order valence-electron chi connectivity index (χ3n) is 5.43. The molecule has 0 saturated heterocycles. The van der Waals surface area contributed by atoms with Crippen LogP contribution >= 0.6 is 0 Å². The summed E-state index contributed by atoms with van der Waals surface area (Å²) in [7, 11) is 0. The Balaban J connectivity index is 1.55. The molecule has 138 valence electrons. The molecule has 0 radical (unpaired) electrons. The molecule has 0 aliphatic heterocycles. The monoisotopic (exact) mass is 362 g/mol. The number of fused-ring (bicyclic) bond motifs is 1. The van der Waals surface area contributed by atoms with Gasteiger partial charge in [-0.15, -0.1) is 0 Å². The molecule has 3 aromatic heterocycles. The zero-order valence-corrected chi connectivity index (χ0v) is 15.0. The number of para-hydroxylation sites is 1. The molecule has 0 bridgehead atoms. The lowest BCUT2D eigenvalue weighted by molar-refractivity contribution is 0.365. The fraction of sp³-hybridized carbons (Fsp3) is 0.286. The summed E-state index contributed by atoms with van der Waals surface area (Å²) in [6, 6.07) is 8.05. The lowest BCUT2D eigenvalue weighted by atomic mass is 10.0. The van der Waals surface area contributed by atoms with Crippen LogP contribution in [0.4, 0.5) is 0 Å². The van der Waals surface area contributed by atoms with Gasteiger partial charge in [0.1, 0.15) is 0 Å². The summed E-state index contributed by atoms with van der Waals surface area (Å²) in [6.07, 6.45) is 10.5. The Morgan fingerprint density at radius 2 is 2.00 bits per heavy atom. The molecule has 3 N–H and O–H groups in total. The Kier molecular flexibility index (Phi) is 3.70. The van der Waals surface area contributed by atoms with Crippen molar-refractivity contribution in [1.29, 1.82) is 0 Å². The van der Waals surface area contributed by atoms with Gasteiger partial charge in [-0.2, -0.15) is 0 Å². The Morgan fingerprint density at radius 1 is 1.15 bits per heavy atom. The van der Waals surface area contributed by atoms with E-state index in [1.165, 1.54) is 0 Å². The molecule has 4 aromatic rings. The summed E-state index contributed by atoms with van der Waals surface area (Å²) in [5.41, 5.74) is 3.81.